The molecule has 0 N–H and O–H groups in total. The zero-order valence-electron chi connectivity index (χ0n) is 22.8. The molecule has 0 fully saturated rings. The summed E-state index contributed by atoms with van der Waals surface area (Å²) in [4.78, 5) is 10.6. The molecule has 0 amide bonds. The fourth-order valence-corrected chi connectivity index (χ4v) is 12.2. The number of hydrogen-bond donors (Lipinski definition) is 0. The highest BCUT2D eigenvalue weighted by atomic mass is 32.1. The van der Waals surface area contributed by atoms with Gasteiger partial charge in [0.25, 0.3) is 0 Å². The van der Waals surface area contributed by atoms with E-state index in [1.165, 1.54) is 79.7 Å². The van der Waals surface area contributed by atoms with Gasteiger partial charge in [-0.15, -0.1) is 68.0 Å². The monoisotopic (exact) mass is 648 g/mol. The Hall–Kier alpha value is -3.10. The summed E-state index contributed by atoms with van der Waals surface area (Å²) in [5.74, 6) is 0. The van der Waals surface area contributed by atoms with Gasteiger partial charge < -0.3 is 0 Å². The fraction of sp³-hybridized carbons (Fsp3) is 0.0556. The van der Waals surface area contributed by atoms with Crippen LogP contribution in [0.4, 0.5) is 0 Å². The molecule has 42 heavy (non-hydrogen) atoms. The molecule has 8 rings (SSSR count). The number of rotatable bonds is 6. The van der Waals surface area contributed by atoms with Gasteiger partial charge in [-0.2, -0.15) is 0 Å². The molecule has 6 heterocycles. The van der Waals surface area contributed by atoms with Crippen LogP contribution in [0.5, 0.6) is 0 Å². The van der Waals surface area contributed by atoms with E-state index in [1.807, 2.05) is 68.0 Å². The molecule has 0 radical (unpaired) electrons. The van der Waals surface area contributed by atoms with Crippen molar-refractivity contribution in [3.05, 3.63) is 107 Å². The van der Waals surface area contributed by atoms with Gasteiger partial charge in [-0.05, 0) is 97.8 Å². The minimum Gasteiger partial charge on any atom is -0.135 e. The van der Waals surface area contributed by atoms with Crippen LogP contribution in [0.15, 0.2) is 97.1 Å². The molecule has 2 aromatic carbocycles. The van der Waals surface area contributed by atoms with E-state index in [1.54, 1.807) is 0 Å². The van der Waals surface area contributed by atoms with Gasteiger partial charge in [0.15, 0.2) is 0 Å². The SMILES string of the molecule is CC=Cc1ccc(-c2ccc(-c3ccc4c(c3)sc3c5ccc(-c6ccc(-c7ccc(C=CC)s7)s6)cc5sc43)s2)s1. The zero-order chi connectivity index (χ0) is 28.2. The third kappa shape index (κ3) is 4.67. The van der Waals surface area contributed by atoms with E-state index < -0.39 is 0 Å². The Labute approximate surface area is 268 Å². The highest BCUT2D eigenvalue weighted by Gasteiger charge is 2.15. The fourth-order valence-electron chi connectivity index (χ4n) is 5.29. The highest BCUT2D eigenvalue weighted by Crippen LogP contribution is 2.47. The van der Waals surface area contributed by atoms with E-state index in [0.717, 1.165) is 0 Å². The molecule has 0 atom stereocenters. The topological polar surface area (TPSA) is 0 Å². The maximum atomic E-state index is 2.39. The predicted molar refractivity (Wildman–Crippen MR) is 197 cm³/mol. The van der Waals surface area contributed by atoms with Crippen LogP contribution in [0, 0.1) is 0 Å². The molecule has 0 nitrogen and oxygen atoms in total. The molecular formula is C36H24S6. The molecule has 0 saturated carbocycles. The first-order chi connectivity index (χ1) is 20.7. The number of fused-ring (bicyclic) bond motifs is 5. The zero-order valence-corrected chi connectivity index (χ0v) is 27.7. The first-order valence-electron chi connectivity index (χ1n) is 13.7. The average molecular weight is 649 g/mol. The van der Waals surface area contributed by atoms with Crippen LogP contribution in [-0.2, 0) is 0 Å². The average Bonchev–Trinajstić information content (AvgIpc) is 3.83. The molecule has 0 aliphatic heterocycles. The third-order valence-corrected chi connectivity index (χ3v) is 14.5. The number of allylic oxidation sites excluding steroid dienone is 2. The number of thiophene rings is 6. The van der Waals surface area contributed by atoms with Crippen LogP contribution in [0.25, 0.3) is 82.1 Å². The van der Waals surface area contributed by atoms with E-state index in [9.17, 15) is 0 Å². The molecule has 0 spiro atoms. The molecule has 0 bridgehead atoms. The van der Waals surface area contributed by atoms with Crippen molar-refractivity contribution in [2.45, 2.75) is 13.8 Å². The number of benzene rings is 2. The summed E-state index contributed by atoms with van der Waals surface area (Å²) in [6, 6.07) is 32.1. The van der Waals surface area contributed by atoms with E-state index in [4.69, 9.17) is 0 Å². The summed E-state index contributed by atoms with van der Waals surface area (Å²) in [5.41, 5.74) is 2.61. The van der Waals surface area contributed by atoms with Crippen molar-refractivity contribution in [2.75, 3.05) is 0 Å². The first kappa shape index (κ1) is 26.5. The van der Waals surface area contributed by atoms with Crippen molar-refractivity contribution in [2.24, 2.45) is 0 Å². The van der Waals surface area contributed by atoms with Crippen LogP contribution >= 0.6 is 68.0 Å². The summed E-state index contributed by atoms with van der Waals surface area (Å²) in [5, 5.41) is 2.75. The summed E-state index contributed by atoms with van der Waals surface area (Å²) in [6.07, 6.45) is 8.55. The van der Waals surface area contributed by atoms with Crippen LogP contribution in [0.2, 0.25) is 0 Å². The first-order valence-corrected chi connectivity index (χ1v) is 18.6. The minimum atomic E-state index is 1.30. The summed E-state index contributed by atoms with van der Waals surface area (Å²) in [7, 11) is 0. The predicted octanol–water partition coefficient (Wildman–Crippen LogP) is 14.2. The lowest BCUT2D eigenvalue weighted by Gasteiger charge is -1.99. The van der Waals surface area contributed by atoms with Gasteiger partial charge in [0.1, 0.15) is 0 Å². The smallest absolute Gasteiger partial charge is 0.0542 e. The Morgan fingerprint density at radius 3 is 1.26 bits per heavy atom. The summed E-state index contributed by atoms with van der Waals surface area (Å²) < 4.78 is 5.57. The molecule has 6 heteroatoms. The molecule has 0 aliphatic rings. The largest absolute Gasteiger partial charge is 0.135 e. The van der Waals surface area contributed by atoms with Crippen molar-refractivity contribution in [1.82, 2.24) is 0 Å². The Kier molecular flexibility index (Phi) is 6.86. The number of hydrogen-bond acceptors (Lipinski definition) is 6. The second-order valence-corrected chi connectivity index (χ2v) is 16.5. The molecule has 0 aliphatic carbocycles. The van der Waals surface area contributed by atoms with Gasteiger partial charge in [0, 0.05) is 59.2 Å². The van der Waals surface area contributed by atoms with Crippen molar-refractivity contribution in [3.8, 4) is 40.4 Å². The molecule has 0 unspecified atom stereocenters. The van der Waals surface area contributed by atoms with Crippen molar-refractivity contribution in [1.29, 1.82) is 0 Å². The standard InChI is InChI=1S/C36H24S6/c1-3-5-23-9-13-29(37-23)31-17-15-27(39-31)21-7-11-25-33(19-21)41-36-26-12-8-22(20-34(26)42-35(25)36)28-16-18-32(40-28)30-14-10-24(38-30)6-4-2/h3-20H,1-2H3. The van der Waals surface area contributed by atoms with E-state index in [0.29, 0.717) is 0 Å². The normalized spacial score (nSPS) is 12.3. The van der Waals surface area contributed by atoms with E-state index >= 15 is 0 Å². The molecule has 6 aromatic heterocycles. The van der Waals surface area contributed by atoms with Gasteiger partial charge >= 0.3 is 0 Å². The third-order valence-electron chi connectivity index (χ3n) is 7.26. The molecular weight excluding hydrogens is 625 g/mol. The minimum absolute atomic E-state index is 1.30. The lowest BCUT2D eigenvalue weighted by Crippen LogP contribution is -1.71. The van der Waals surface area contributed by atoms with Crippen LogP contribution in [0.1, 0.15) is 23.6 Å². The second kappa shape index (κ2) is 10.9. The van der Waals surface area contributed by atoms with Crippen LogP contribution < -0.4 is 0 Å². The molecule has 204 valence electrons. The molecule has 8 aromatic rings. The van der Waals surface area contributed by atoms with Crippen LogP contribution in [-0.4, -0.2) is 0 Å². The maximum absolute atomic E-state index is 2.39. The van der Waals surface area contributed by atoms with Crippen molar-refractivity contribution in [3.63, 3.8) is 0 Å². The van der Waals surface area contributed by atoms with Gasteiger partial charge in [-0.3, -0.25) is 0 Å². The Balaban J connectivity index is 1.10. The lowest BCUT2D eigenvalue weighted by atomic mass is 10.1. The van der Waals surface area contributed by atoms with E-state index in [2.05, 4.69) is 123 Å². The van der Waals surface area contributed by atoms with Gasteiger partial charge in [-0.1, -0.05) is 36.4 Å². The van der Waals surface area contributed by atoms with Gasteiger partial charge in [0.2, 0.25) is 0 Å². The van der Waals surface area contributed by atoms with Crippen molar-refractivity contribution >= 4 is 110 Å². The van der Waals surface area contributed by atoms with Crippen LogP contribution in [0.3, 0.4) is 0 Å². The summed E-state index contributed by atoms with van der Waals surface area (Å²) in [6.45, 7) is 4.14. The quantitative estimate of drug-likeness (QED) is 0.168. The second-order valence-electron chi connectivity index (χ2n) is 10.0. The Bertz CT molecular complexity index is 2120. The molecule has 0 saturated heterocycles. The Morgan fingerprint density at radius 1 is 0.405 bits per heavy atom. The van der Waals surface area contributed by atoms with E-state index in [-0.39, 0.29) is 0 Å². The summed E-state index contributed by atoms with van der Waals surface area (Å²) >= 11 is 11.4. The Morgan fingerprint density at radius 2 is 0.810 bits per heavy atom. The van der Waals surface area contributed by atoms with Gasteiger partial charge in [-0.25, -0.2) is 0 Å². The maximum Gasteiger partial charge on any atom is 0.0542 e. The lowest BCUT2D eigenvalue weighted by molar-refractivity contribution is 1.78. The van der Waals surface area contributed by atoms with Crippen molar-refractivity contribution < 1.29 is 0 Å². The van der Waals surface area contributed by atoms with Gasteiger partial charge in [0.05, 0.1) is 9.40 Å². The highest BCUT2D eigenvalue weighted by molar-refractivity contribution is 7.36.